The first-order valence-electron chi connectivity index (χ1n) is 5.34. The van der Waals surface area contributed by atoms with Crippen molar-refractivity contribution in [3.63, 3.8) is 0 Å². The van der Waals surface area contributed by atoms with Crippen LogP contribution in [0.15, 0.2) is 18.3 Å². The number of rotatable bonds is 2. The maximum absolute atomic E-state index is 13.5. The van der Waals surface area contributed by atoms with Gasteiger partial charge in [0.05, 0.1) is 22.8 Å². The molecule has 19 heavy (non-hydrogen) atoms. The molecule has 0 bridgehead atoms. The van der Waals surface area contributed by atoms with Crippen LogP contribution in [0.2, 0.25) is 0 Å². The molecule has 3 rings (SSSR count). The molecule has 0 spiro atoms. The fourth-order valence-corrected chi connectivity index (χ4v) is 1.77. The van der Waals surface area contributed by atoms with Gasteiger partial charge in [0.25, 0.3) is 0 Å². The normalized spacial score (nSPS) is 11.1. The molecule has 7 nitrogen and oxygen atoms in total. The van der Waals surface area contributed by atoms with Gasteiger partial charge in [0.15, 0.2) is 5.82 Å². The average molecular weight is 261 g/mol. The van der Waals surface area contributed by atoms with Crippen molar-refractivity contribution >= 4 is 17.0 Å². The van der Waals surface area contributed by atoms with Gasteiger partial charge < -0.3 is 10.1 Å². The molecule has 0 unspecified atom stereocenters. The zero-order valence-corrected chi connectivity index (χ0v) is 9.75. The fourth-order valence-electron chi connectivity index (χ4n) is 1.77. The summed E-state index contributed by atoms with van der Waals surface area (Å²) >= 11 is 0. The Morgan fingerprint density at radius 3 is 2.89 bits per heavy atom. The number of benzene rings is 1. The molecule has 0 saturated heterocycles. The zero-order chi connectivity index (χ0) is 13.6. The lowest BCUT2D eigenvalue weighted by Gasteiger charge is -1.95. The topological polar surface area (TPSA) is 96.7 Å². The van der Waals surface area contributed by atoms with Gasteiger partial charge in [-0.3, -0.25) is 0 Å². The summed E-state index contributed by atoms with van der Waals surface area (Å²) in [6.07, 6.45) is 1.51. The molecule has 2 aromatic heterocycles. The van der Waals surface area contributed by atoms with Gasteiger partial charge in [-0.15, -0.1) is 0 Å². The summed E-state index contributed by atoms with van der Waals surface area (Å²) in [5, 5.41) is 16.8. The Labute approximate surface area is 105 Å². The molecular weight excluding hydrogens is 253 g/mol. The number of halogens is 1. The standard InChI is InChI=1S/C11H8FN5O2/c1-17-13-4-9(16-17)10-14-7-2-5(11(18)19)6(12)3-8(7)15-10/h2-4H,1H3,(H,14,15)(H,18,19). The van der Waals surface area contributed by atoms with Crippen LogP contribution in [0.25, 0.3) is 22.6 Å². The number of fused-ring (bicyclic) bond motifs is 1. The van der Waals surface area contributed by atoms with Crippen LogP contribution >= 0.6 is 0 Å². The van der Waals surface area contributed by atoms with Crippen molar-refractivity contribution < 1.29 is 14.3 Å². The summed E-state index contributed by atoms with van der Waals surface area (Å²) in [6.45, 7) is 0. The van der Waals surface area contributed by atoms with Crippen LogP contribution in [0.3, 0.4) is 0 Å². The number of carboxylic acid groups (broad SMARTS) is 1. The van der Waals surface area contributed by atoms with E-state index < -0.39 is 17.3 Å². The molecule has 0 aliphatic heterocycles. The maximum Gasteiger partial charge on any atom is 0.338 e. The van der Waals surface area contributed by atoms with Gasteiger partial charge in [0.2, 0.25) is 0 Å². The van der Waals surface area contributed by atoms with E-state index in [1.54, 1.807) is 7.05 Å². The minimum absolute atomic E-state index is 0.361. The number of H-pyrrole nitrogens is 1. The zero-order valence-electron chi connectivity index (χ0n) is 9.75. The molecule has 2 heterocycles. The highest BCUT2D eigenvalue weighted by Gasteiger charge is 2.15. The number of aryl methyl sites for hydroxylation is 1. The number of nitrogens with zero attached hydrogens (tertiary/aromatic N) is 4. The van der Waals surface area contributed by atoms with Gasteiger partial charge in [-0.05, 0) is 6.07 Å². The smallest absolute Gasteiger partial charge is 0.338 e. The summed E-state index contributed by atoms with van der Waals surface area (Å²) in [6, 6.07) is 2.29. The number of imidazole rings is 1. The largest absolute Gasteiger partial charge is 0.478 e. The second-order valence-electron chi connectivity index (χ2n) is 3.96. The molecule has 8 heteroatoms. The second-order valence-corrected chi connectivity index (χ2v) is 3.96. The molecule has 0 atom stereocenters. The van der Waals surface area contributed by atoms with Crippen molar-refractivity contribution in [1.29, 1.82) is 0 Å². The first-order chi connectivity index (χ1) is 9.04. The highest BCUT2D eigenvalue weighted by molar-refractivity contribution is 5.93. The number of aromatic carboxylic acids is 1. The Bertz CT molecular complexity index is 792. The van der Waals surface area contributed by atoms with Crippen LogP contribution in [-0.4, -0.2) is 36.0 Å². The predicted octanol–water partition coefficient (Wildman–Crippen LogP) is 1.20. The van der Waals surface area contributed by atoms with E-state index in [4.69, 9.17) is 5.11 Å². The van der Waals surface area contributed by atoms with Gasteiger partial charge in [-0.25, -0.2) is 14.2 Å². The SMILES string of the molecule is Cn1ncc(-c2nc3cc(C(=O)O)c(F)cc3[nH]2)n1. The van der Waals surface area contributed by atoms with Crippen molar-refractivity contribution in [2.24, 2.45) is 7.05 Å². The van der Waals surface area contributed by atoms with Crippen LogP contribution in [0.4, 0.5) is 4.39 Å². The molecule has 96 valence electrons. The van der Waals surface area contributed by atoms with Crippen LogP contribution in [-0.2, 0) is 7.05 Å². The molecule has 0 aliphatic rings. The summed E-state index contributed by atoms with van der Waals surface area (Å²) in [5.74, 6) is -1.73. The third-order valence-corrected chi connectivity index (χ3v) is 2.64. The second kappa shape index (κ2) is 3.87. The summed E-state index contributed by atoms with van der Waals surface area (Å²) < 4.78 is 13.5. The lowest BCUT2D eigenvalue weighted by atomic mass is 10.2. The van der Waals surface area contributed by atoms with Crippen LogP contribution in [0.5, 0.6) is 0 Å². The summed E-state index contributed by atoms with van der Waals surface area (Å²) in [5.41, 5.74) is 0.850. The molecule has 0 amide bonds. The van der Waals surface area contributed by atoms with Gasteiger partial charge in [-0.1, -0.05) is 0 Å². The Kier molecular flexibility index (Phi) is 2.31. The van der Waals surface area contributed by atoms with E-state index in [2.05, 4.69) is 20.2 Å². The average Bonchev–Trinajstić information content (AvgIpc) is 2.93. The van der Waals surface area contributed by atoms with Crippen molar-refractivity contribution in [2.45, 2.75) is 0 Å². The lowest BCUT2D eigenvalue weighted by Crippen LogP contribution is -1.99. The molecule has 0 fully saturated rings. The number of carboxylic acids is 1. The molecule has 3 aromatic rings. The van der Waals surface area contributed by atoms with E-state index in [-0.39, 0.29) is 0 Å². The van der Waals surface area contributed by atoms with Gasteiger partial charge in [-0.2, -0.15) is 15.0 Å². The van der Waals surface area contributed by atoms with Crippen LogP contribution in [0, 0.1) is 5.82 Å². The third kappa shape index (κ3) is 1.82. The van der Waals surface area contributed by atoms with Crippen LogP contribution in [0.1, 0.15) is 10.4 Å². The van der Waals surface area contributed by atoms with E-state index in [1.807, 2.05) is 0 Å². The summed E-state index contributed by atoms with van der Waals surface area (Å²) in [7, 11) is 1.66. The van der Waals surface area contributed by atoms with Crippen LogP contribution < -0.4 is 0 Å². The first kappa shape index (κ1) is 11.3. The predicted molar refractivity (Wildman–Crippen MR) is 63.0 cm³/mol. The van der Waals surface area contributed by atoms with Crippen molar-refractivity contribution in [2.75, 3.05) is 0 Å². The van der Waals surface area contributed by atoms with E-state index in [0.717, 1.165) is 6.07 Å². The molecule has 2 N–H and O–H groups in total. The minimum Gasteiger partial charge on any atom is -0.478 e. The highest BCUT2D eigenvalue weighted by Crippen LogP contribution is 2.21. The van der Waals surface area contributed by atoms with E-state index >= 15 is 0 Å². The Hall–Kier alpha value is -2.77. The number of hydrogen-bond donors (Lipinski definition) is 2. The van der Waals surface area contributed by atoms with Crippen molar-refractivity contribution in [3.8, 4) is 11.5 Å². The summed E-state index contributed by atoms with van der Waals surface area (Å²) in [4.78, 5) is 19.3. The van der Waals surface area contributed by atoms with E-state index in [9.17, 15) is 9.18 Å². The molecule has 0 aliphatic carbocycles. The number of nitrogens with one attached hydrogen (secondary N) is 1. The van der Waals surface area contributed by atoms with Crippen molar-refractivity contribution in [1.82, 2.24) is 25.0 Å². The monoisotopic (exact) mass is 261 g/mol. The van der Waals surface area contributed by atoms with Gasteiger partial charge in [0, 0.05) is 13.1 Å². The molecular formula is C11H8FN5O2. The maximum atomic E-state index is 13.5. The number of aromatic nitrogens is 5. The van der Waals surface area contributed by atoms with E-state index in [0.29, 0.717) is 22.6 Å². The molecule has 1 aromatic carbocycles. The number of hydrogen-bond acceptors (Lipinski definition) is 4. The Morgan fingerprint density at radius 2 is 2.26 bits per heavy atom. The van der Waals surface area contributed by atoms with Gasteiger partial charge >= 0.3 is 5.97 Å². The Balaban J connectivity index is 2.18. The van der Waals surface area contributed by atoms with Crippen molar-refractivity contribution in [3.05, 3.63) is 29.7 Å². The lowest BCUT2D eigenvalue weighted by molar-refractivity contribution is 0.0692. The fraction of sp³-hybridized carbons (Fsp3) is 0.0909. The third-order valence-electron chi connectivity index (χ3n) is 2.64. The quantitative estimate of drug-likeness (QED) is 0.722. The highest BCUT2D eigenvalue weighted by atomic mass is 19.1. The molecule has 0 saturated carbocycles. The minimum atomic E-state index is -1.33. The number of carbonyl (C=O) groups is 1. The number of aromatic amines is 1. The Morgan fingerprint density at radius 1 is 1.47 bits per heavy atom. The first-order valence-corrected chi connectivity index (χ1v) is 5.34. The van der Waals surface area contributed by atoms with Gasteiger partial charge in [0.1, 0.15) is 11.5 Å². The van der Waals surface area contributed by atoms with E-state index in [1.165, 1.54) is 17.1 Å². The molecule has 0 radical (unpaired) electrons.